The maximum Gasteiger partial charge on any atom is 0.250 e. The molecule has 0 bridgehead atoms. The second-order valence-electron chi connectivity index (χ2n) is 7.04. The molecule has 0 aromatic carbocycles. The van der Waals surface area contributed by atoms with Crippen molar-refractivity contribution in [2.24, 2.45) is 0 Å². The van der Waals surface area contributed by atoms with Gasteiger partial charge in [0.15, 0.2) is 5.82 Å². The third-order valence-corrected chi connectivity index (χ3v) is 5.36. The van der Waals surface area contributed by atoms with Gasteiger partial charge in [-0.25, -0.2) is 0 Å². The lowest BCUT2D eigenvalue weighted by Gasteiger charge is -2.42. The maximum absolute atomic E-state index is 13.4. The van der Waals surface area contributed by atoms with Gasteiger partial charge in [-0.1, -0.05) is 5.16 Å². The Morgan fingerprint density at radius 2 is 2.04 bits per heavy atom. The summed E-state index contributed by atoms with van der Waals surface area (Å²) >= 11 is 0. The molecule has 0 unspecified atom stereocenters. The number of carbonyl (C=O) groups is 1. The van der Waals surface area contributed by atoms with Gasteiger partial charge in [0.1, 0.15) is 5.54 Å². The van der Waals surface area contributed by atoms with Gasteiger partial charge in [-0.15, -0.1) is 0 Å². The van der Waals surface area contributed by atoms with Crippen LogP contribution >= 0.6 is 0 Å². The van der Waals surface area contributed by atoms with Crippen molar-refractivity contribution >= 4 is 5.91 Å². The zero-order chi connectivity index (χ0) is 18.0. The number of nitrogens with zero attached hydrogens (tertiary/aromatic N) is 6. The van der Waals surface area contributed by atoms with Crippen LogP contribution in [0.2, 0.25) is 0 Å². The van der Waals surface area contributed by atoms with Gasteiger partial charge in [0.25, 0.3) is 5.91 Å². The molecule has 2 aliphatic rings. The van der Waals surface area contributed by atoms with E-state index in [4.69, 9.17) is 4.52 Å². The molecule has 2 fully saturated rings. The second-order valence-corrected chi connectivity index (χ2v) is 7.04. The number of nitrogens with one attached hydrogen (secondary N) is 1. The molecule has 4 rings (SSSR count). The number of hydrogen-bond acceptors (Lipinski definition) is 7. The lowest BCUT2D eigenvalue weighted by atomic mass is 9.86. The fourth-order valence-electron chi connectivity index (χ4n) is 3.90. The van der Waals surface area contributed by atoms with Crippen molar-refractivity contribution in [3.8, 4) is 0 Å². The van der Waals surface area contributed by atoms with Gasteiger partial charge < -0.3 is 14.7 Å². The van der Waals surface area contributed by atoms with Crippen LogP contribution in [0.4, 0.5) is 0 Å². The predicted octanol–water partition coefficient (Wildman–Crippen LogP) is -0.00238. The molecule has 0 aliphatic carbocycles. The normalized spacial score (nSPS) is 21.0. The fourth-order valence-corrected chi connectivity index (χ4v) is 3.90. The molecule has 26 heavy (non-hydrogen) atoms. The first kappa shape index (κ1) is 17.2. The first-order valence-electron chi connectivity index (χ1n) is 9.19. The molecule has 140 valence electrons. The Bertz CT molecular complexity index is 728. The number of hydrogen-bond donors (Lipinski definition) is 1. The van der Waals surface area contributed by atoms with Crippen molar-refractivity contribution in [3.63, 3.8) is 0 Å². The second kappa shape index (κ2) is 7.16. The Morgan fingerprint density at radius 1 is 1.27 bits per heavy atom. The van der Waals surface area contributed by atoms with Crippen LogP contribution in [0, 0.1) is 6.92 Å². The fraction of sp³-hybridized carbons (Fsp3) is 0.647. The summed E-state index contributed by atoms with van der Waals surface area (Å²) in [5, 5.41) is 11.6. The summed E-state index contributed by atoms with van der Waals surface area (Å²) in [6, 6.07) is 1.89. The zero-order valence-electron chi connectivity index (χ0n) is 15.1. The van der Waals surface area contributed by atoms with E-state index in [1.165, 1.54) is 0 Å². The Morgan fingerprint density at radius 3 is 2.65 bits per heavy atom. The maximum atomic E-state index is 13.4. The molecule has 2 aromatic rings. The van der Waals surface area contributed by atoms with E-state index >= 15 is 0 Å². The van der Waals surface area contributed by atoms with Crippen LogP contribution in [-0.2, 0) is 16.9 Å². The first-order chi connectivity index (χ1) is 12.7. The van der Waals surface area contributed by atoms with Crippen molar-refractivity contribution in [3.05, 3.63) is 30.2 Å². The van der Waals surface area contributed by atoms with Gasteiger partial charge in [-0.2, -0.15) is 10.1 Å². The summed E-state index contributed by atoms with van der Waals surface area (Å²) in [5.41, 5.74) is -0.555. The minimum Gasteiger partial charge on any atom is -0.338 e. The van der Waals surface area contributed by atoms with Crippen LogP contribution < -0.4 is 5.32 Å². The Labute approximate surface area is 152 Å². The summed E-state index contributed by atoms with van der Waals surface area (Å²) in [5.74, 6) is 1.48. The highest BCUT2D eigenvalue weighted by atomic mass is 16.5. The number of aromatic nitrogens is 4. The number of piperazine rings is 1. The number of aryl methyl sites for hydroxylation is 1. The number of rotatable bonds is 4. The van der Waals surface area contributed by atoms with E-state index in [0.29, 0.717) is 31.3 Å². The molecule has 2 aromatic heterocycles. The van der Waals surface area contributed by atoms with Crippen LogP contribution in [0.5, 0.6) is 0 Å². The van der Waals surface area contributed by atoms with Crippen molar-refractivity contribution in [2.75, 3.05) is 39.3 Å². The topological polar surface area (TPSA) is 92.3 Å². The molecule has 1 N–H and O–H groups in total. The van der Waals surface area contributed by atoms with E-state index in [1.807, 2.05) is 28.8 Å². The molecule has 9 heteroatoms. The van der Waals surface area contributed by atoms with Crippen LogP contribution in [0.1, 0.15) is 24.6 Å². The van der Waals surface area contributed by atoms with Crippen LogP contribution in [0.25, 0.3) is 0 Å². The van der Waals surface area contributed by atoms with Crippen molar-refractivity contribution in [1.29, 1.82) is 0 Å². The van der Waals surface area contributed by atoms with Gasteiger partial charge in [0, 0.05) is 38.6 Å². The SMILES string of the molecule is Cc1noc(CN2CCN(C(=O)C3(n4cccn4)CCNCC3)CC2)n1. The molecule has 2 aliphatic heterocycles. The van der Waals surface area contributed by atoms with E-state index in [0.717, 1.165) is 39.0 Å². The Balaban J connectivity index is 1.42. The molecule has 0 saturated carbocycles. The van der Waals surface area contributed by atoms with Crippen molar-refractivity contribution in [1.82, 2.24) is 35.0 Å². The summed E-state index contributed by atoms with van der Waals surface area (Å²) < 4.78 is 7.06. The molecule has 2 saturated heterocycles. The third-order valence-electron chi connectivity index (χ3n) is 5.36. The number of piperidine rings is 1. The van der Waals surface area contributed by atoms with Gasteiger partial charge >= 0.3 is 0 Å². The van der Waals surface area contributed by atoms with Crippen molar-refractivity contribution in [2.45, 2.75) is 31.8 Å². The largest absolute Gasteiger partial charge is 0.338 e. The minimum atomic E-state index is -0.555. The average molecular weight is 359 g/mol. The monoisotopic (exact) mass is 359 g/mol. The van der Waals surface area contributed by atoms with E-state index in [-0.39, 0.29) is 5.91 Å². The summed E-state index contributed by atoms with van der Waals surface area (Å²) in [6.07, 6.45) is 5.21. The molecule has 0 radical (unpaired) electrons. The van der Waals surface area contributed by atoms with E-state index < -0.39 is 5.54 Å². The summed E-state index contributed by atoms with van der Waals surface area (Å²) in [4.78, 5) is 21.9. The molecular weight excluding hydrogens is 334 g/mol. The van der Waals surface area contributed by atoms with E-state index in [2.05, 4.69) is 25.5 Å². The van der Waals surface area contributed by atoms with Crippen LogP contribution in [0.3, 0.4) is 0 Å². The zero-order valence-corrected chi connectivity index (χ0v) is 15.1. The van der Waals surface area contributed by atoms with Gasteiger partial charge in [0.05, 0.1) is 6.54 Å². The number of amides is 1. The van der Waals surface area contributed by atoms with E-state index in [9.17, 15) is 4.79 Å². The van der Waals surface area contributed by atoms with Crippen molar-refractivity contribution < 1.29 is 9.32 Å². The molecule has 4 heterocycles. The molecule has 0 spiro atoms. The highest BCUT2D eigenvalue weighted by Crippen LogP contribution is 2.30. The summed E-state index contributed by atoms with van der Waals surface area (Å²) in [6.45, 7) is 7.16. The standard InChI is InChI=1S/C17H25N7O2/c1-14-20-15(26-21-14)13-22-9-11-23(12-10-22)16(25)17(3-6-18-7-4-17)24-8-2-5-19-24/h2,5,8,18H,3-4,6-7,9-13H2,1H3. The van der Waals surface area contributed by atoms with Crippen LogP contribution in [-0.4, -0.2) is 74.9 Å². The molecule has 1 amide bonds. The molecule has 0 atom stereocenters. The van der Waals surface area contributed by atoms with E-state index in [1.54, 1.807) is 6.20 Å². The smallest absolute Gasteiger partial charge is 0.250 e. The molecular formula is C17H25N7O2. The third kappa shape index (κ3) is 3.24. The Kier molecular flexibility index (Phi) is 4.73. The minimum absolute atomic E-state index is 0.191. The highest BCUT2D eigenvalue weighted by Gasteiger charge is 2.44. The van der Waals surface area contributed by atoms with Gasteiger partial charge in [-0.05, 0) is 38.9 Å². The summed E-state index contributed by atoms with van der Waals surface area (Å²) in [7, 11) is 0. The Hall–Kier alpha value is -2.26. The number of carbonyl (C=O) groups excluding carboxylic acids is 1. The highest BCUT2D eigenvalue weighted by molar-refractivity contribution is 5.84. The lowest BCUT2D eigenvalue weighted by Crippen LogP contribution is -2.59. The van der Waals surface area contributed by atoms with Crippen LogP contribution in [0.15, 0.2) is 23.0 Å². The van der Waals surface area contributed by atoms with Gasteiger partial charge in [0.2, 0.25) is 5.89 Å². The first-order valence-corrected chi connectivity index (χ1v) is 9.19. The lowest BCUT2D eigenvalue weighted by molar-refractivity contribution is -0.145. The molecule has 9 nitrogen and oxygen atoms in total. The predicted molar refractivity (Wildman–Crippen MR) is 93.2 cm³/mol. The van der Waals surface area contributed by atoms with Gasteiger partial charge in [-0.3, -0.25) is 14.4 Å². The quantitative estimate of drug-likeness (QED) is 0.821. The average Bonchev–Trinajstić information content (AvgIpc) is 3.35.